The number of Topliss-reactive ketones (excluding diaryl/α,β-unsaturated/α-hetero) is 1. The Balaban J connectivity index is 1.53. The van der Waals surface area contributed by atoms with Crippen LogP contribution >= 0.6 is 0 Å². The number of ketones is 1. The van der Waals surface area contributed by atoms with Crippen LogP contribution in [0, 0.1) is 0 Å². The normalized spacial score (nSPS) is 27.3. The van der Waals surface area contributed by atoms with Gasteiger partial charge in [-0.25, -0.2) is 0 Å². The Labute approximate surface area is 114 Å². The number of hydrogen-bond acceptors (Lipinski definition) is 3. The first-order chi connectivity index (χ1) is 9.33. The van der Waals surface area contributed by atoms with Crippen molar-refractivity contribution in [1.29, 1.82) is 0 Å². The van der Waals surface area contributed by atoms with Gasteiger partial charge < -0.3 is 4.74 Å². The molecule has 2 unspecified atom stereocenters. The highest BCUT2D eigenvalue weighted by atomic mass is 16.5. The van der Waals surface area contributed by atoms with E-state index >= 15 is 0 Å². The van der Waals surface area contributed by atoms with Crippen molar-refractivity contribution in [3.8, 4) is 5.75 Å². The zero-order valence-electron chi connectivity index (χ0n) is 11.3. The summed E-state index contributed by atoms with van der Waals surface area (Å²) in [6, 6.07) is 10.9. The highest BCUT2D eigenvalue weighted by Crippen LogP contribution is 2.31. The van der Waals surface area contributed by atoms with E-state index in [9.17, 15) is 4.79 Å². The standard InChI is InChI=1S/C16H21NO2/c18-15-11-13-5-4-6-14(12-15)17(13)9-10-19-16-7-2-1-3-8-16/h1-3,7-8,13-14H,4-6,9-12H2. The predicted octanol–water partition coefficient (Wildman–Crippen LogP) is 2.65. The van der Waals surface area contributed by atoms with Gasteiger partial charge in [-0.1, -0.05) is 24.6 Å². The third-order valence-corrected chi connectivity index (χ3v) is 4.30. The highest BCUT2D eigenvalue weighted by molar-refractivity contribution is 5.80. The van der Waals surface area contributed by atoms with Gasteiger partial charge in [-0.2, -0.15) is 0 Å². The Morgan fingerprint density at radius 3 is 2.47 bits per heavy atom. The van der Waals surface area contributed by atoms with Gasteiger partial charge in [-0.05, 0) is 25.0 Å². The molecule has 19 heavy (non-hydrogen) atoms. The van der Waals surface area contributed by atoms with Crippen LogP contribution in [-0.2, 0) is 4.79 Å². The number of carbonyl (C=O) groups excluding carboxylic acids is 1. The summed E-state index contributed by atoms with van der Waals surface area (Å²) in [5.74, 6) is 1.38. The maximum atomic E-state index is 11.7. The molecule has 0 N–H and O–H groups in total. The van der Waals surface area contributed by atoms with Crippen molar-refractivity contribution in [3.05, 3.63) is 30.3 Å². The molecule has 0 saturated carbocycles. The molecule has 0 aromatic heterocycles. The predicted molar refractivity (Wildman–Crippen MR) is 74.3 cm³/mol. The van der Waals surface area contributed by atoms with Crippen LogP contribution in [0.3, 0.4) is 0 Å². The molecule has 0 aliphatic carbocycles. The Hall–Kier alpha value is -1.35. The van der Waals surface area contributed by atoms with E-state index in [1.807, 2.05) is 30.3 Å². The number of fused-ring (bicyclic) bond motifs is 2. The summed E-state index contributed by atoms with van der Waals surface area (Å²) in [6.45, 7) is 1.66. The van der Waals surface area contributed by atoms with Crippen molar-refractivity contribution < 1.29 is 9.53 Å². The van der Waals surface area contributed by atoms with Crippen LogP contribution in [0.15, 0.2) is 30.3 Å². The minimum Gasteiger partial charge on any atom is -0.492 e. The van der Waals surface area contributed by atoms with Crippen LogP contribution in [0.1, 0.15) is 32.1 Å². The Kier molecular flexibility index (Phi) is 3.83. The van der Waals surface area contributed by atoms with Crippen LogP contribution in [-0.4, -0.2) is 35.9 Å². The van der Waals surface area contributed by atoms with Crippen molar-refractivity contribution >= 4 is 5.78 Å². The molecule has 2 heterocycles. The summed E-state index contributed by atoms with van der Waals surface area (Å²) in [6.07, 6.45) is 5.13. The van der Waals surface area contributed by atoms with Gasteiger partial charge in [0.15, 0.2) is 0 Å². The van der Waals surface area contributed by atoms with Gasteiger partial charge in [0.05, 0.1) is 0 Å². The van der Waals surface area contributed by atoms with E-state index in [2.05, 4.69) is 4.90 Å². The molecular weight excluding hydrogens is 238 g/mol. The molecule has 0 spiro atoms. The van der Waals surface area contributed by atoms with Crippen LogP contribution in [0.5, 0.6) is 5.75 Å². The lowest BCUT2D eigenvalue weighted by molar-refractivity contribution is -0.127. The number of hydrogen-bond donors (Lipinski definition) is 0. The summed E-state index contributed by atoms with van der Waals surface area (Å²) in [4.78, 5) is 14.2. The zero-order valence-corrected chi connectivity index (χ0v) is 11.3. The number of rotatable bonds is 4. The minimum atomic E-state index is 0.454. The fourth-order valence-corrected chi connectivity index (χ4v) is 3.42. The lowest BCUT2D eigenvalue weighted by Crippen LogP contribution is -2.53. The molecule has 3 heteroatoms. The quantitative estimate of drug-likeness (QED) is 0.832. The number of benzene rings is 1. The van der Waals surface area contributed by atoms with Gasteiger partial charge in [-0.3, -0.25) is 9.69 Å². The van der Waals surface area contributed by atoms with E-state index in [0.717, 1.165) is 25.1 Å². The van der Waals surface area contributed by atoms with Gasteiger partial charge in [0.1, 0.15) is 18.1 Å². The van der Waals surface area contributed by atoms with Crippen molar-refractivity contribution in [2.45, 2.75) is 44.2 Å². The third kappa shape index (κ3) is 2.98. The smallest absolute Gasteiger partial charge is 0.136 e. The molecule has 0 radical (unpaired) electrons. The Morgan fingerprint density at radius 2 is 1.79 bits per heavy atom. The van der Waals surface area contributed by atoms with Crippen molar-refractivity contribution in [3.63, 3.8) is 0 Å². The zero-order chi connectivity index (χ0) is 13.1. The molecule has 1 aromatic carbocycles. The first-order valence-electron chi connectivity index (χ1n) is 7.28. The van der Waals surface area contributed by atoms with Crippen LogP contribution < -0.4 is 4.74 Å². The average molecular weight is 259 g/mol. The molecule has 102 valence electrons. The summed E-state index contributed by atoms with van der Waals surface area (Å²) in [7, 11) is 0. The van der Waals surface area contributed by atoms with Gasteiger partial charge >= 0.3 is 0 Å². The second kappa shape index (κ2) is 5.74. The summed E-state index contributed by atoms with van der Waals surface area (Å²) < 4.78 is 5.77. The fourth-order valence-electron chi connectivity index (χ4n) is 3.42. The number of carbonyl (C=O) groups is 1. The number of nitrogens with zero attached hydrogens (tertiary/aromatic N) is 1. The lowest BCUT2D eigenvalue weighted by Gasteiger charge is -2.45. The van der Waals surface area contributed by atoms with Crippen molar-refractivity contribution in [1.82, 2.24) is 4.90 Å². The summed E-state index contributed by atoms with van der Waals surface area (Å²) in [5, 5.41) is 0. The van der Waals surface area contributed by atoms with Gasteiger partial charge in [0, 0.05) is 31.5 Å². The first kappa shape index (κ1) is 12.7. The van der Waals surface area contributed by atoms with Crippen molar-refractivity contribution in [2.75, 3.05) is 13.2 Å². The van der Waals surface area contributed by atoms with Gasteiger partial charge in [-0.15, -0.1) is 0 Å². The first-order valence-corrected chi connectivity index (χ1v) is 7.28. The number of para-hydroxylation sites is 1. The molecule has 2 aliphatic heterocycles. The summed E-state index contributed by atoms with van der Waals surface area (Å²) >= 11 is 0. The number of piperidine rings is 2. The van der Waals surface area contributed by atoms with Crippen LogP contribution in [0.2, 0.25) is 0 Å². The molecule has 2 bridgehead atoms. The molecule has 0 amide bonds. The molecule has 1 aromatic rings. The van der Waals surface area contributed by atoms with Gasteiger partial charge in [0.25, 0.3) is 0 Å². The largest absolute Gasteiger partial charge is 0.492 e. The summed E-state index contributed by atoms with van der Waals surface area (Å²) in [5.41, 5.74) is 0. The number of ether oxygens (including phenoxy) is 1. The van der Waals surface area contributed by atoms with E-state index in [-0.39, 0.29) is 0 Å². The minimum absolute atomic E-state index is 0.454. The highest BCUT2D eigenvalue weighted by Gasteiger charge is 2.36. The molecule has 2 atom stereocenters. The molecule has 2 fully saturated rings. The second-order valence-electron chi connectivity index (χ2n) is 5.58. The van der Waals surface area contributed by atoms with Gasteiger partial charge in [0.2, 0.25) is 0 Å². The topological polar surface area (TPSA) is 29.5 Å². The Morgan fingerprint density at radius 1 is 1.11 bits per heavy atom. The van der Waals surface area contributed by atoms with E-state index in [0.29, 0.717) is 24.5 Å². The monoisotopic (exact) mass is 259 g/mol. The van der Waals surface area contributed by atoms with E-state index in [1.54, 1.807) is 0 Å². The van der Waals surface area contributed by atoms with Crippen molar-refractivity contribution in [2.24, 2.45) is 0 Å². The molecule has 3 rings (SSSR count). The molecular formula is C16H21NO2. The average Bonchev–Trinajstić information content (AvgIpc) is 2.40. The van der Waals surface area contributed by atoms with E-state index in [4.69, 9.17) is 4.74 Å². The fraction of sp³-hybridized carbons (Fsp3) is 0.562. The second-order valence-corrected chi connectivity index (χ2v) is 5.58. The van der Waals surface area contributed by atoms with E-state index < -0.39 is 0 Å². The molecule has 2 saturated heterocycles. The SMILES string of the molecule is O=C1CC2CCCC(C1)N2CCOc1ccccc1. The lowest BCUT2D eigenvalue weighted by atomic mass is 9.84. The van der Waals surface area contributed by atoms with Crippen LogP contribution in [0.4, 0.5) is 0 Å². The van der Waals surface area contributed by atoms with Crippen LogP contribution in [0.25, 0.3) is 0 Å². The maximum Gasteiger partial charge on any atom is 0.136 e. The molecule has 3 nitrogen and oxygen atoms in total. The molecule has 2 aliphatic rings. The Bertz CT molecular complexity index is 416. The third-order valence-electron chi connectivity index (χ3n) is 4.30. The maximum absolute atomic E-state index is 11.7. The van der Waals surface area contributed by atoms with E-state index in [1.165, 1.54) is 19.3 Å².